The molecule has 0 amide bonds. The van der Waals surface area contributed by atoms with Crippen molar-refractivity contribution in [3.8, 4) is 5.88 Å². The van der Waals surface area contributed by atoms with Crippen molar-refractivity contribution in [1.82, 2.24) is 9.97 Å². The largest absolute Gasteiger partial charge is 0.469 e. The molecule has 0 aromatic carbocycles. The maximum absolute atomic E-state index is 5.69. The highest BCUT2D eigenvalue weighted by Crippen LogP contribution is 2.24. The average molecular weight is 247 g/mol. The van der Waals surface area contributed by atoms with Crippen LogP contribution < -0.4 is 10.1 Å². The van der Waals surface area contributed by atoms with Crippen LogP contribution in [0.25, 0.3) is 0 Å². The fourth-order valence-corrected chi connectivity index (χ4v) is 1.75. The van der Waals surface area contributed by atoms with Gasteiger partial charge < -0.3 is 14.5 Å². The fraction of sp³-hybridized carbons (Fsp3) is 0.385. The second-order valence-electron chi connectivity index (χ2n) is 3.87. The molecule has 0 aliphatic carbocycles. The summed E-state index contributed by atoms with van der Waals surface area (Å²) in [7, 11) is 1.85. The summed E-state index contributed by atoms with van der Waals surface area (Å²) in [6, 6.07) is 3.71. The minimum atomic E-state index is 0.379. The summed E-state index contributed by atoms with van der Waals surface area (Å²) in [5.74, 6) is 2.22. The lowest BCUT2D eigenvalue weighted by Gasteiger charge is -2.12. The molecule has 0 aliphatic rings. The number of rotatable bonds is 6. The highest BCUT2D eigenvalue weighted by molar-refractivity contribution is 5.48. The van der Waals surface area contributed by atoms with E-state index < -0.39 is 0 Å². The van der Waals surface area contributed by atoms with Crippen molar-refractivity contribution in [3.05, 3.63) is 36.0 Å². The third-order valence-electron chi connectivity index (χ3n) is 2.57. The predicted molar refractivity (Wildman–Crippen MR) is 68.6 cm³/mol. The molecule has 0 fully saturated rings. The molecule has 2 aromatic heterocycles. The molecule has 0 bridgehead atoms. The zero-order chi connectivity index (χ0) is 12.8. The number of aromatic nitrogens is 2. The molecule has 5 nitrogen and oxygen atoms in total. The quantitative estimate of drug-likeness (QED) is 0.850. The van der Waals surface area contributed by atoms with Crippen molar-refractivity contribution in [2.45, 2.75) is 26.4 Å². The second-order valence-corrected chi connectivity index (χ2v) is 3.87. The van der Waals surface area contributed by atoms with Crippen LogP contribution in [0.1, 0.15) is 24.7 Å². The van der Waals surface area contributed by atoms with Crippen molar-refractivity contribution in [2.75, 3.05) is 12.4 Å². The van der Waals surface area contributed by atoms with Gasteiger partial charge in [-0.15, -0.1) is 0 Å². The molecule has 0 radical (unpaired) electrons. The van der Waals surface area contributed by atoms with E-state index in [1.807, 2.05) is 19.2 Å². The molecule has 0 unspecified atom stereocenters. The van der Waals surface area contributed by atoms with E-state index in [9.17, 15) is 0 Å². The molecule has 1 N–H and O–H groups in total. The van der Waals surface area contributed by atoms with Crippen LogP contribution in [0.2, 0.25) is 0 Å². The van der Waals surface area contributed by atoms with E-state index in [0.29, 0.717) is 12.5 Å². The lowest BCUT2D eigenvalue weighted by Crippen LogP contribution is -2.05. The van der Waals surface area contributed by atoms with E-state index >= 15 is 0 Å². The van der Waals surface area contributed by atoms with Gasteiger partial charge in [-0.3, -0.25) is 0 Å². The van der Waals surface area contributed by atoms with Gasteiger partial charge in [-0.05, 0) is 18.6 Å². The minimum Gasteiger partial charge on any atom is -0.469 e. The molecular formula is C13H17N3O2. The van der Waals surface area contributed by atoms with E-state index in [4.69, 9.17) is 9.15 Å². The van der Waals surface area contributed by atoms with Gasteiger partial charge in [0.25, 0.3) is 0 Å². The van der Waals surface area contributed by atoms with E-state index in [-0.39, 0.29) is 0 Å². The lowest BCUT2D eigenvalue weighted by atomic mass is 10.2. The van der Waals surface area contributed by atoms with Crippen molar-refractivity contribution >= 4 is 5.82 Å². The number of hydrogen-bond acceptors (Lipinski definition) is 5. The van der Waals surface area contributed by atoms with Gasteiger partial charge in [0.05, 0.1) is 11.8 Å². The van der Waals surface area contributed by atoms with E-state index in [2.05, 4.69) is 22.2 Å². The normalized spacial score (nSPS) is 10.3. The van der Waals surface area contributed by atoms with Crippen molar-refractivity contribution in [3.63, 3.8) is 0 Å². The second kappa shape index (κ2) is 6.05. The Morgan fingerprint density at radius 3 is 2.94 bits per heavy atom. The zero-order valence-electron chi connectivity index (χ0n) is 10.6. The van der Waals surface area contributed by atoms with Crippen molar-refractivity contribution in [1.29, 1.82) is 0 Å². The summed E-state index contributed by atoms with van der Waals surface area (Å²) in [5, 5.41) is 3.06. The molecule has 96 valence electrons. The molecule has 2 heterocycles. The molecule has 0 saturated heterocycles. The van der Waals surface area contributed by atoms with Gasteiger partial charge in [-0.1, -0.05) is 13.3 Å². The Kier molecular flexibility index (Phi) is 4.17. The van der Waals surface area contributed by atoms with Crippen molar-refractivity contribution < 1.29 is 9.15 Å². The Hall–Kier alpha value is -2.04. The first-order valence-electron chi connectivity index (χ1n) is 6.02. The summed E-state index contributed by atoms with van der Waals surface area (Å²) in [4.78, 5) is 8.39. The van der Waals surface area contributed by atoms with Gasteiger partial charge in [0.2, 0.25) is 5.88 Å². The van der Waals surface area contributed by atoms with Crippen LogP contribution in [-0.4, -0.2) is 17.0 Å². The van der Waals surface area contributed by atoms with E-state index in [1.54, 1.807) is 6.26 Å². The lowest BCUT2D eigenvalue weighted by molar-refractivity contribution is 0.257. The van der Waals surface area contributed by atoms with Crippen LogP contribution in [0.4, 0.5) is 5.82 Å². The molecule has 2 rings (SSSR count). The third kappa shape index (κ3) is 2.80. The Bertz CT molecular complexity index is 483. The summed E-state index contributed by atoms with van der Waals surface area (Å²) in [5.41, 5.74) is 1.01. The van der Waals surface area contributed by atoms with Crippen LogP contribution >= 0.6 is 0 Å². The monoisotopic (exact) mass is 247 g/mol. The maximum Gasteiger partial charge on any atom is 0.222 e. The Labute approximate surface area is 106 Å². The molecule has 5 heteroatoms. The SMILES string of the molecule is CCCc1c(NC)ncnc1OCc1ccco1. The molecule has 2 aromatic rings. The van der Waals surface area contributed by atoms with Crippen molar-refractivity contribution in [2.24, 2.45) is 0 Å². The van der Waals surface area contributed by atoms with E-state index in [0.717, 1.165) is 30.0 Å². The first-order chi connectivity index (χ1) is 8.85. The summed E-state index contributed by atoms with van der Waals surface area (Å²) < 4.78 is 10.9. The van der Waals surface area contributed by atoms with Gasteiger partial charge >= 0.3 is 0 Å². The fourth-order valence-electron chi connectivity index (χ4n) is 1.75. The van der Waals surface area contributed by atoms with Crippen LogP contribution in [0.3, 0.4) is 0 Å². The smallest absolute Gasteiger partial charge is 0.222 e. The molecule has 0 atom stereocenters. The summed E-state index contributed by atoms with van der Waals surface area (Å²) in [6.45, 7) is 2.49. The van der Waals surface area contributed by atoms with Crippen LogP contribution in [-0.2, 0) is 13.0 Å². The third-order valence-corrected chi connectivity index (χ3v) is 2.57. The van der Waals surface area contributed by atoms with Gasteiger partial charge in [-0.2, -0.15) is 0 Å². The highest BCUT2D eigenvalue weighted by Gasteiger charge is 2.11. The average Bonchev–Trinajstić information content (AvgIpc) is 2.91. The molecular weight excluding hydrogens is 230 g/mol. The van der Waals surface area contributed by atoms with E-state index in [1.165, 1.54) is 6.33 Å². The molecule has 0 spiro atoms. The van der Waals surface area contributed by atoms with Crippen LogP contribution in [0.15, 0.2) is 29.1 Å². The molecule has 0 aliphatic heterocycles. The maximum atomic E-state index is 5.69. The number of nitrogens with zero attached hydrogens (tertiary/aromatic N) is 2. The Morgan fingerprint density at radius 1 is 1.39 bits per heavy atom. The topological polar surface area (TPSA) is 60.2 Å². The number of anilines is 1. The van der Waals surface area contributed by atoms with Gasteiger partial charge in [0, 0.05) is 7.05 Å². The van der Waals surface area contributed by atoms with Gasteiger partial charge in [0.1, 0.15) is 24.5 Å². The zero-order valence-corrected chi connectivity index (χ0v) is 10.6. The van der Waals surface area contributed by atoms with Crippen LogP contribution in [0.5, 0.6) is 5.88 Å². The number of furan rings is 1. The molecule has 18 heavy (non-hydrogen) atoms. The first-order valence-corrected chi connectivity index (χ1v) is 6.02. The summed E-state index contributed by atoms with van der Waals surface area (Å²) in [6.07, 6.45) is 5.02. The summed E-state index contributed by atoms with van der Waals surface area (Å²) >= 11 is 0. The number of nitrogens with one attached hydrogen (secondary N) is 1. The number of hydrogen-bond donors (Lipinski definition) is 1. The Morgan fingerprint density at radius 2 is 2.28 bits per heavy atom. The minimum absolute atomic E-state index is 0.379. The standard InChI is InChI=1S/C13H17N3O2/c1-3-5-11-12(14-2)15-9-16-13(11)18-8-10-6-4-7-17-10/h4,6-7,9H,3,5,8H2,1-2H3,(H,14,15,16). The van der Waals surface area contributed by atoms with Gasteiger partial charge in [0.15, 0.2) is 0 Å². The van der Waals surface area contributed by atoms with Crippen LogP contribution in [0, 0.1) is 0 Å². The first kappa shape index (κ1) is 12.4. The Balaban J connectivity index is 2.15. The number of ether oxygens (including phenoxy) is 1. The predicted octanol–water partition coefficient (Wildman–Crippen LogP) is 2.64. The highest BCUT2D eigenvalue weighted by atomic mass is 16.5. The van der Waals surface area contributed by atoms with Gasteiger partial charge in [-0.25, -0.2) is 9.97 Å². The molecule has 0 saturated carbocycles.